The highest BCUT2D eigenvalue weighted by Crippen LogP contribution is 2.18. The lowest BCUT2D eigenvalue weighted by Crippen LogP contribution is -2.34. The van der Waals surface area contributed by atoms with E-state index in [2.05, 4.69) is 10.1 Å². The lowest BCUT2D eigenvalue weighted by atomic mass is 10.2. The molecule has 1 atom stereocenters. The highest BCUT2D eigenvalue weighted by Gasteiger charge is 2.12. The fourth-order valence-electron chi connectivity index (χ4n) is 1.64. The number of furan rings is 1. The second-order valence-electron chi connectivity index (χ2n) is 3.88. The molecular formula is C13H15NO3. The first-order valence-corrected chi connectivity index (χ1v) is 5.49. The first kappa shape index (κ1) is 11.7. The molecule has 0 bridgehead atoms. The Balaban J connectivity index is 2.01. The average molecular weight is 233 g/mol. The Hall–Kier alpha value is -1.81. The number of esters is 1. The van der Waals surface area contributed by atoms with Gasteiger partial charge in [-0.1, -0.05) is 18.2 Å². The number of fused-ring (bicyclic) bond motifs is 1. The number of ether oxygens (including phenoxy) is 1. The largest absolute Gasteiger partial charge is 0.468 e. The van der Waals surface area contributed by atoms with Gasteiger partial charge in [-0.25, -0.2) is 0 Å². The maximum atomic E-state index is 11.2. The molecule has 0 fully saturated rings. The van der Waals surface area contributed by atoms with Gasteiger partial charge in [-0.15, -0.1) is 0 Å². The molecule has 1 N–H and O–H groups in total. The minimum absolute atomic E-state index is 0.277. The second kappa shape index (κ2) is 5.01. The SMILES string of the molecule is COC(=O)[C@H](C)NCc1cc2ccccc2o1. The molecule has 0 spiro atoms. The Kier molecular flexibility index (Phi) is 3.44. The van der Waals surface area contributed by atoms with Crippen LogP contribution in [0.15, 0.2) is 34.7 Å². The van der Waals surface area contributed by atoms with Crippen molar-refractivity contribution in [3.8, 4) is 0 Å². The van der Waals surface area contributed by atoms with Crippen LogP contribution in [0, 0.1) is 0 Å². The smallest absolute Gasteiger partial charge is 0.322 e. The molecule has 0 saturated carbocycles. The van der Waals surface area contributed by atoms with Gasteiger partial charge in [-0.05, 0) is 19.1 Å². The number of rotatable bonds is 4. The van der Waals surface area contributed by atoms with Crippen LogP contribution in [0.5, 0.6) is 0 Å². The molecular weight excluding hydrogens is 218 g/mol. The van der Waals surface area contributed by atoms with Gasteiger partial charge in [0.1, 0.15) is 17.4 Å². The molecule has 1 aromatic carbocycles. The summed E-state index contributed by atoms with van der Waals surface area (Å²) in [4.78, 5) is 11.2. The van der Waals surface area contributed by atoms with Gasteiger partial charge < -0.3 is 9.15 Å². The first-order valence-electron chi connectivity index (χ1n) is 5.49. The molecule has 1 aromatic heterocycles. The molecule has 2 rings (SSSR count). The number of hydrogen-bond acceptors (Lipinski definition) is 4. The molecule has 0 radical (unpaired) electrons. The monoisotopic (exact) mass is 233 g/mol. The Morgan fingerprint density at radius 1 is 1.47 bits per heavy atom. The van der Waals surface area contributed by atoms with Crippen LogP contribution >= 0.6 is 0 Å². The number of hydrogen-bond donors (Lipinski definition) is 1. The highest BCUT2D eigenvalue weighted by atomic mass is 16.5. The van der Waals surface area contributed by atoms with Crippen molar-refractivity contribution in [2.24, 2.45) is 0 Å². The molecule has 2 aromatic rings. The molecule has 90 valence electrons. The molecule has 1 heterocycles. The zero-order valence-electron chi connectivity index (χ0n) is 9.90. The maximum absolute atomic E-state index is 11.2. The standard InChI is InChI=1S/C13H15NO3/c1-9(13(15)16-2)14-8-11-7-10-5-3-4-6-12(10)17-11/h3-7,9,14H,8H2,1-2H3/t9-/m0/s1. The third-order valence-electron chi connectivity index (χ3n) is 2.61. The van der Waals surface area contributed by atoms with Crippen molar-refractivity contribution in [1.82, 2.24) is 5.32 Å². The van der Waals surface area contributed by atoms with Crippen LogP contribution in [0.4, 0.5) is 0 Å². The normalized spacial score (nSPS) is 12.6. The summed E-state index contributed by atoms with van der Waals surface area (Å²) in [5, 5.41) is 4.11. The van der Waals surface area contributed by atoms with E-state index in [-0.39, 0.29) is 12.0 Å². The van der Waals surface area contributed by atoms with E-state index in [1.54, 1.807) is 6.92 Å². The molecule has 0 aliphatic rings. The second-order valence-corrected chi connectivity index (χ2v) is 3.88. The lowest BCUT2D eigenvalue weighted by Gasteiger charge is -2.09. The van der Waals surface area contributed by atoms with E-state index in [1.165, 1.54) is 7.11 Å². The van der Waals surface area contributed by atoms with Crippen LogP contribution in [-0.4, -0.2) is 19.1 Å². The fourth-order valence-corrected chi connectivity index (χ4v) is 1.64. The van der Waals surface area contributed by atoms with E-state index in [0.29, 0.717) is 6.54 Å². The predicted octanol–water partition coefficient (Wildman–Crippen LogP) is 2.08. The van der Waals surface area contributed by atoms with E-state index in [1.807, 2.05) is 30.3 Å². The number of carbonyl (C=O) groups is 1. The van der Waals surface area contributed by atoms with Crippen molar-refractivity contribution in [1.29, 1.82) is 0 Å². The minimum Gasteiger partial charge on any atom is -0.468 e. The Labute approximate surface area is 99.6 Å². The van der Waals surface area contributed by atoms with Crippen LogP contribution in [0.3, 0.4) is 0 Å². The van der Waals surface area contributed by atoms with Crippen molar-refractivity contribution in [2.75, 3.05) is 7.11 Å². The first-order chi connectivity index (χ1) is 8.20. The molecule has 4 nitrogen and oxygen atoms in total. The third-order valence-corrected chi connectivity index (χ3v) is 2.61. The topological polar surface area (TPSA) is 51.5 Å². The summed E-state index contributed by atoms with van der Waals surface area (Å²) in [6.07, 6.45) is 0. The number of nitrogens with one attached hydrogen (secondary N) is 1. The summed E-state index contributed by atoms with van der Waals surface area (Å²) >= 11 is 0. The van der Waals surface area contributed by atoms with E-state index in [0.717, 1.165) is 16.7 Å². The minimum atomic E-state index is -0.340. The van der Waals surface area contributed by atoms with E-state index < -0.39 is 0 Å². The van der Waals surface area contributed by atoms with Crippen molar-refractivity contribution in [3.63, 3.8) is 0 Å². The molecule has 4 heteroatoms. The van der Waals surface area contributed by atoms with Gasteiger partial charge in [0.2, 0.25) is 0 Å². The molecule has 0 aliphatic carbocycles. The zero-order valence-corrected chi connectivity index (χ0v) is 9.90. The quantitative estimate of drug-likeness (QED) is 0.821. The zero-order chi connectivity index (χ0) is 12.3. The number of methoxy groups -OCH3 is 1. The van der Waals surface area contributed by atoms with Crippen LogP contribution in [0.1, 0.15) is 12.7 Å². The van der Waals surface area contributed by atoms with Crippen LogP contribution in [-0.2, 0) is 16.1 Å². The number of para-hydroxylation sites is 1. The number of carbonyl (C=O) groups excluding carboxylic acids is 1. The van der Waals surface area contributed by atoms with Crippen molar-refractivity contribution in [3.05, 3.63) is 36.1 Å². The van der Waals surface area contributed by atoms with Gasteiger partial charge in [0.15, 0.2) is 0 Å². The number of benzene rings is 1. The summed E-state index contributed by atoms with van der Waals surface area (Å²) in [5.74, 6) is 0.531. The van der Waals surface area contributed by atoms with E-state index in [9.17, 15) is 4.79 Å². The van der Waals surface area contributed by atoms with Gasteiger partial charge in [-0.3, -0.25) is 10.1 Å². The predicted molar refractivity (Wildman–Crippen MR) is 64.5 cm³/mol. The van der Waals surface area contributed by atoms with Crippen molar-refractivity contribution < 1.29 is 13.9 Å². The molecule has 0 saturated heterocycles. The highest BCUT2D eigenvalue weighted by molar-refractivity contribution is 5.77. The summed E-state index contributed by atoms with van der Waals surface area (Å²) in [5.41, 5.74) is 0.857. The maximum Gasteiger partial charge on any atom is 0.322 e. The molecule has 0 unspecified atom stereocenters. The Morgan fingerprint density at radius 3 is 2.94 bits per heavy atom. The van der Waals surface area contributed by atoms with Gasteiger partial charge >= 0.3 is 5.97 Å². The average Bonchev–Trinajstić information content (AvgIpc) is 2.77. The molecule has 0 aliphatic heterocycles. The van der Waals surface area contributed by atoms with E-state index >= 15 is 0 Å². The third kappa shape index (κ3) is 2.65. The Bertz CT molecular complexity index is 485. The van der Waals surface area contributed by atoms with Gasteiger partial charge in [-0.2, -0.15) is 0 Å². The van der Waals surface area contributed by atoms with Crippen molar-refractivity contribution >= 4 is 16.9 Å². The summed E-state index contributed by atoms with van der Waals surface area (Å²) < 4.78 is 10.2. The van der Waals surface area contributed by atoms with Crippen LogP contribution < -0.4 is 5.32 Å². The van der Waals surface area contributed by atoms with Gasteiger partial charge in [0, 0.05) is 5.39 Å². The van der Waals surface area contributed by atoms with Gasteiger partial charge in [0.05, 0.1) is 13.7 Å². The van der Waals surface area contributed by atoms with Crippen LogP contribution in [0.25, 0.3) is 11.0 Å². The lowest BCUT2D eigenvalue weighted by molar-refractivity contribution is -0.142. The molecule has 0 amide bonds. The van der Waals surface area contributed by atoms with E-state index in [4.69, 9.17) is 4.42 Å². The Morgan fingerprint density at radius 2 is 2.24 bits per heavy atom. The molecule has 17 heavy (non-hydrogen) atoms. The fraction of sp³-hybridized carbons (Fsp3) is 0.308. The summed E-state index contributed by atoms with van der Waals surface area (Å²) in [6.45, 7) is 2.26. The van der Waals surface area contributed by atoms with Gasteiger partial charge in [0.25, 0.3) is 0 Å². The van der Waals surface area contributed by atoms with Crippen molar-refractivity contribution in [2.45, 2.75) is 19.5 Å². The summed E-state index contributed by atoms with van der Waals surface area (Å²) in [7, 11) is 1.38. The van der Waals surface area contributed by atoms with Crippen LogP contribution in [0.2, 0.25) is 0 Å². The summed E-state index contributed by atoms with van der Waals surface area (Å²) in [6, 6.07) is 9.43.